The molecule has 17 heavy (non-hydrogen) atoms. The first kappa shape index (κ1) is 13.8. The molecular weight excluding hydrogens is 212 g/mol. The molecule has 0 spiro atoms. The Bertz CT molecular complexity index is 358. The monoisotopic (exact) mass is 234 g/mol. The van der Waals surface area contributed by atoms with Gasteiger partial charge in [-0.05, 0) is 42.5 Å². The van der Waals surface area contributed by atoms with Crippen molar-refractivity contribution in [2.75, 3.05) is 7.11 Å². The number of benzene rings is 1. The summed E-state index contributed by atoms with van der Waals surface area (Å²) in [5.41, 5.74) is 1.93. The first-order chi connectivity index (χ1) is 8.06. The van der Waals surface area contributed by atoms with Gasteiger partial charge in [0.25, 0.3) is 0 Å². The zero-order valence-corrected chi connectivity index (χ0v) is 11.2. The standard InChI is InChI=1S/C15H22O2/c1-5-12-8-13(10-14(9-12)17-4)15(16)7-6-11(2)3/h8-11H,5-7H2,1-4H3. The number of Topliss-reactive ketones (excluding diaryl/α,β-unsaturated/α-hetero) is 1. The van der Waals surface area contributed by atoms with Crippen molar-refractivity contribution in [1.82, 2.24) is 0 Å². The van der Waals surface area contributed by atoms with Crippen molar-refractivity contribution in [2.45, 2.75) is 40.0 Å². The van der Waals surface area contributed by atoms with Gasteiger partial charge in [-0.2, -0.15) is 0 Å². The van der Waals surface area contributed by atoms with Crippen molar-refractivity contribution in [2.24, 2.45) is 5.92 Å². The summed E-state index contributed by atoms with van der Waals surface area (Å²) in [5.74, 6) is 1.56. The van der Waals surface area contributed by atoms with E-state index in [4.69, 9.17) is 4.74 Å². The first-order valence-corrected chi connectivity index (χ1v) is 6.28. The van der Waals surface area contributed by atoms with Crippen LogP contribution in [0.1, 0.15) is 49.5 Å². The minimum Gasteiger partial charge on any atom is -0.497 e. The van der Waals surface area contributed by atoms with Crippen molar-refractivity contribution in [3.05, 3.63) is 29.3 Å². The predicted octanol–water partition coefficient (Wildman–Crippen LogP) is 3.88. The Hall–Kier alpha value is -1.31. The molecule has 94 valence electrons. The van der Waals surface area contributed by atoms with E-state index in [1.807, 2.05) is 18.2 Å². The van der Waals surface area contributed by atoms with Crippen LogP contribution in [0.5, 0.6) is 5.75 Å². The average molecular weight is 234 g/mol. The van der Waals surface area contributed by atoms with Crippen molar-refractivity contribution in [3.63, 3.8) is 0 Å². The molecule has 0 aliphatic carbocycles. The number of hydrogen-bond acceptors (Lipinski definition) is 2. The summed E-state index contributed by atoms with van der Waals surface area (Å²) >= 11 is 0. The SMILES string of the molecule is CCc1cc(OC)cc(C(=O)CCC(C)C)c1. The number of carbonyl (C=O) groups is 1. The van der Waals surface area contributed by atoms with E-state index < -0.39 is 0 Å². The lowest BCUT2D eigenvalue weighted by molar-refractivity contribution is 0.0975. The summed E-state index contributed by atoms with van der Waals surface area (Å²) < 4.78 is 5.22. The zero-order valence-electron chi connectivity index (χ0n) is 11.2. The molecule has 0 heterocycles. The summed E-state index contributed by atoms with van der Waals surface area (Å²) in [7, 11) is 1.64. The van der Waals surface area contributed by atoms with Crippen molar-refractivity contribution in [3.8, 4) is 5.75 Å². The highest BCUT2D eigenvalue weighted by molar-refractivity contribution is 5.96. The van der Waals surface area contributed by atoms with Gasteiger partial charge in [0, 0.05) is 12.0 Å². The summed E-state index contributed by atoms with van der Waals surface area (Å²) in [5, 5.41) is 0. The van der Waals surface area contributed by atoms with Gasteiger partial charge < -0.3 is 4.74 Å². The molecule has 2 heteroatoms. The fourth-order valence-electron chi connectivity index (χ4n) is 1.71. The van der Waals surface area contributed by atoms with Crippen molar-refractivity contribution < 1.29 is 9.53 Å². The fraction of sp³-hybridized carbons (Fsp3) is 0.533. The molecule has 1 aromatic rings. The predicted molar refractivity (Wildman–Crippen MR) is 70.8 cm³/mol. The Balaban J connectivity index is 2.84. The largest absolute Gasteiger partial charge is 0.497 e. The van der Waals surface area contributed by atoms with E-state index in [0.29, 0.717) is 12.3 Å². The number of aryl methyl sites for hydroxylation is 1. The van der Waals surface area contributed by atoms with Crippen LogP contribution >= 0.6 is 0 Å². The van der Waals surface area contributed by atoms with Gasteiger partial charge in [-0.25, -0.2) is 0 Å². The molecule has 0 N–H and O–H groups in total. The molecule has 0 aromatic heterocycles. The lowest BCUT2D eigenvalue weighted by atomic mass is 9.99. The van der Waals surface area contributed by atoms with Crippen LogP contribution in [0.25, 0.3) is 0 Å². The number of methoxy groups -OCH3 is 1. The van der Waals surface area contributed by atoms with Gasteiger partial charge in [0.2, 0.25) is 0 Å². The highest BCUT2D eigenvalue weighted by atomic mass is 16.5. The molecule has 0 radical (unpaired) electrons. The lowest BCUT2D eigenvalue weighted by Crippen LogP contribution is -2.03. The number of ketones is 1. The quantitative estimate of drug-likeness (QED) is 0.698. The van der Waals surface area contributed by atoms with Gasteiger partial charge in [0.1, 0.15) is 5.75 Å². The van der Waals surface area contributed by atoms with Gasteiger partial charge in [0.15, 0.2) is 5.78 Å². The van der Waals surface area contributed by atoms with E-state index in [-0.39, 0.29) is 5.78 Å². The molecule has 2 nitrogen and oxygen atoms in total. The van der Waals surface area contributed by atoms with Gasteiger partial charge >= 0.3 is 0 Å². The summed E-state index contributed by atoms with van der Waals surface area (Å²) in [6.07, 6.45) is 2.48. The van der Waals surface area contributed by atoms with Gasteiger partial charge in [-0.15, -0.1) is 0 Å². The number of ether oxygens (including phenoxy) is 1. The van der Waals surface area contributed by atoms with Crippen LogP contribution in [0.4, 0.5) is 0 Å². The maximum atomic E-state index is 12.0. The van der Waals surface area contributed by atoms with E-state index in [1.54, 1.807) is 7.11 Å². The molecule has 0 saturated carbocycles. The second-order valence-corrected chi connectivity index (χ2v) is 4.78. The molecule has 0 bridgehead atoms. The third-order valence-electron chi connectivity index (χ3n) is 2.88. The first-order valence-electron chi connectivity index (χ1n) is 6.28. The second-order valence-electron chi connectivity index (χ2n) is 4.78. The molecule has 0 aliphatic heterocycles. The normalized spacial score (nSPS) is 10.6. The number of carbonyl (C=O) groups excluding carboxylic acids is 1. The Kier molecular flexibility index (Phi) is 5.20. The van der Waals surface area contributed by atoms with Gasteiger partial charge in [-0.3, -0.25) is 4.79 Å². The van der Waals surface area contributed by atoms with Crippen molar-refractivity contribution in [1.29, 1.82) is 0 Å². The summed E-state index contributed by atoms with van der Waals surface area (Å²) in [6.45, 7) is 6.35. The smallest absolute Gasteiger partial charge is 0.163 e. The molecular formula is C15H22O2. The summed E-state index contributed by atoms with van der Waals surface area (Å²) in [4.78, 5) is 12.0. The van der Waals surface area contributed by atoms with E-state index >= 15 is 0 Å². The molecule has 0 unspecified atom stereocenters. The second kappa shape index (κ2) is 6.43. The highest BCUT2D eigenvalue weighted by Crippen LogP contribution is 2.19. The Morgan fingerprint density at radius 2 is 2.00 bits per heavy atom. The molecule has 0 saturated heterocycles. The van der Waals surface area contributed by atoms with Crippen molar-refractivity contribution >= 4 is 5.78 Å². The van der Waals surface area contributed by atoms with Crippen LogP contribution in [0.3, 0.4) is 0 Å². The summed E-state index contributed by atoms with van der Waals surface area (Å²) in [6, 6.07) is 5.80. The van der Waals surface area contributed by atoms with Crippen LogP contribution < -0.4 is 4.74 Å². The van der Waals surface area contributed by atoms with Crippen LogP contribution in [0, 0.1) is 5.92 Å². The maximum Gasteiger partial charge on any atom is 0.163 e. The third-order valence-corrected chi connectivity index (χ3v) is 2.88. The lowest BCUT2D eigenvalue weighted by Gasteiger charge is -2.08. The topological polar surface area (TPSA) is 26.3 Å². The van der Waals surface area contributed by atoms with Crippen LogP contribution in [-0.4, -0.2) is 12.9 Å². The Morgan fingerprint density at radius 3 is 2.53 bits per heavy atom. The van der Waals surface area contributed by atoms with Gasteiger partial charge in [-0.1, -0.05) is 20.8 Å². The highest BCUT2D eigenvalue weighted by Gasteiger charge is 2.09. The minimum atomic E-state index is 0.215. The van der Waals surface area contributed by atoms with Gasteiger partial charge in [0.05, 0.1) is 7.11 Å². The van der Waals surface area contributed by atoms with Crippen LogP contribution in [0.2, 0.25) is 0 Å². The molecule has 1 aromatic carbocycles. The molecule has 0 fully saturated rings. The molecule has 0 atom stereocenters. The number of hydrogen-bond donors (Lipinski definition) is 0. The minimum absolute atomic E-state index is 0.215. The zero-order chi connectivity index (χ0) is 12.8. The average Bonchev–Trinajstić information content (AvgIpc) is 2.34. The van der Waals surface area contributed by atoms with E-state index in [9.17, 15) is 4.79 Å². The molecule has 0 amide bonds. The van der Waals surface area contributed by atoms with E-state index in [1.165, 1.54) is 0 Å². The van der Waals surface area contributed by atoms with E-state index in [0.717, 1.165) is 29.7 Å². The van der Waals surface area contributed by atoms with Crippen LogP contribution in [0.15, 0.2) is 18.2 Å². The Labute approximate surface area is 104 Å². The third kappa shape index (κ3) is 4.22. The Morgan fingerprint density at radius 1 is 1.29 bits per heavy atom. The fourth-order valence-corrected chi connectivity index (χ4v) is 1.71. The maximum absolute atomic E-state index is 12.0. The van der Waals surface area contributed by atoms with Crippen LogP contribution in [-0.2, 0) is 6.42 Å². The molecule has 1 rings (SSSR count). The van der Waals surface area contributed by atoms with E-state index in [2.05, 4.69) is 20.8 Å². The number of rotatable bonds is 6. The molecule has 0 aliphatic rings.